The Bertz CT molecular complexity index is 702. The molecule has 0 saturated heterocycles. The molecule has 1 aromatic rings. The van der Waals surface area contributed by atoms with Crippen LogP contribution in [0.4, 0.5) is 0 Å². The van der Waals surface area contributed by atoms with Crippen LogP contribution in [0.25, 0.3) is 0 Å². The van der Waals surface area contributed by atoms with E-state index in [0.717, 1.165) is 4.31 Å². The lowest BCUT2D eigenvalue weighted by Crippen LogP contribution is -2.33. The number of hydrogen-bond acceptors (Lipinski definition) is 5. The summed E-state index contributed by atoms with van der Waals surface area (Å²) >= 11 is 5.91. The van der Waals surface area contributed by atoms with Gasteiger partial charge in [0.2, 0.25) is 20.0 Å². The summed E-state index contributed by atoms with van der Waals surface area (Å²) in [6.07, 6.45) is 0. The van der Waals surface area contributed by atoms with E-state index in [0.29, 0.717) is 5.56 Å². The van der Waals surface area contributed by atoms with E-state index in [-0.39, 0.29) is 28.8 Å². The third-order valence-corrected chi connectivity index (χ3v) is 6.41. The average Bonchev–Trinajstić information content (AvgIpc) is 2.37. The van der Waals surface area contributed by atoms with Crippen LogP contribution in [0.15, 0.2) is 23.1 Å². The topological polar surface area (TPSA) is 110 Å². The number of halogens is 1. The lowest BCUT2D eigenvalue weighted by atomic mass is 10.2. The van der Waals surface area contributed by atoms with Crippen LogP contribution in [0.1, 0.15) is 5.56 Å². The second-order valence-corrected chi connectivity index (χ2v) is 8.93. The van der Waals surface area contributed by atoms with Gasteiger partial charge in [0.05, 0.1) is 10.6 Å². The summed E-state index contributed by atoms with van der Waals surface area (Å²) in [7, 11) is -4.50. The highest BCUT2D eigenvalue weighted by atomic mass is 35.5. The number of sulfonamides is 2. The number of nitrogens with zero attached hydrogens (tertiary/aromatic N) is 1. The van der Waals surface area contributed by atoms with Gasteiger partial charge in [-0.15, -0.1) is 0 Å². The standard InChI is InChI=1S/C11H18ClN3O4S2/c1-15(2)20(16,17)6-5-14-21(18,19)10-4-3-9(8-13)11(12)7-10/h3-4,7,14H,5-6,8,13H2,1-2H3. The molecule has 21 heavy (non-hydrogen) atoms. The predicted octanol–water partition coefficient (Wildman–Crippen LogP) is -0.0316. The lowest BCUT2D eigenvalue weighted by molar-refractivity contribution is 0.519. The van der Waals surface area contributed by atoms with Crippen molar-refractivity contribution in [1.82, 2.24) is 9.03 Å². The van der Waals surface area contributed by atoms with Gasteiger partial charge in [0.1, 0.15) is 0 Å². The van der Waals surface area contributed by atoms with E-state index in [2.05, 4.69) is 4.72 Å². The van der Waals surface area contributed by atoms with Gasteiger partial charge in [-0.2, -0.15) is 0 Å². The van der Waals surface area contributed by atoms with Crippen molar-refractivity contribution in [2.75, 3.05) is 26.4 Å². The quantitative estimate of drug-likeness (QED) is 0.713. The van der Waals surface area contributed by atoms with E-state index in [9.17, 15) is 16.8 Å². The largest absolute Gasteiger partial charge is 0.326 e. The molecule has 0 saturated carbocycles. The first kappa shape index (κ1) is 18.3. The third-order valence-electron chi connectivity index (χ3n) is 2.76. The molecule has 0 spiro atoms. The van der Waals surface area contributed by atoms with Crippen molar-refractivity contribution in [3.05, 3.63) is 28.8 Å². The molecule has 0 unspecified atom stereocenters. The Morgan fingerprint density at radius 3 is 2.33 bits per heavy atom. The number of benzene rings is 1. The maximum atomic E-state index is 12.0. The van der Waals surface area contributed by atoms with Gasteiger partial charge in [0, 0.05) is 32.2 Å². The number of hydrogen-bond donors (Lipinski definition) is 2. The molecule has 10 heteroatoms. The van der Waals surface area contributed by atoms with Gasteiger partial charge in [0.25, 0.3) is 0 Å². The molecule has 7 nitrogen and oxygen atoms in total. The van der Waals surface area contributed by atoms with Crippen molar-refractivity contribution in [3.63, 3.8) is 0 Å². The number of nitrogens with two attached hydrogens (primary N) is 1. The molecule has 0 aromatic heterocycles. The molecule has 0 aliphatic carbocycles. The minimum absolute atomic E-state index is 0.0352. The van der Waals surface area contributed by atoms with Crippen LogP contribution in [0.3, 0.4) is 0 Å². The molecular formula is C11H18ClN3O4S2. The van der Waals surface area contributed by atoms with Gasteiger partial charge in [-0.1, -0.05) is 17.7 Å². The smallest absolute Gasteiger partial charge is 0.240 e. The second-order valence-electron chi connectivity index (χ2n) is 4.45. The highest BCUT2D eigenvalue weighted by Gasteiger charge is 2.18. The zero-order valence-electron chi connectivity index (χ0n) is 11.7. The van der Waals surface area contributed by atoms with Crippen molar-refractivity contribution in [1.29, 1.82) is 0 Å². The fourth-order valence-corrected chi connectivity index (χ4v) is 3.67. The number of nitrogens with one attached hydrogen (secondary N) is 1. The molecule has 1 rings (SSSR count). The highest BCUT2D eigenvalue weighted by molar-refractivity contribution is 7.90. The lowest BCUT2D eigenvalue weighted by Gasteiger charge is -2.12. The van der Waals surface area contributed by atoms with Crippen molar-refractivity contribution in [2.24, 2.45) is 5.73 Å². The Morgan fingerprint density at radius 1 is 1.24 bits per heavy atom. The minimum Gasteiger partial charge on any atom is -0.326 e. The second kappa shape index (κ2) is 7.03. The molecular weight excluding hydrogens is 338 g/mol. The molecule has 0 amide bonds. The van der Waals surface area contributed by atoms with Gasteiger partial charge in [-0.25, -0.2) is 25.9 Å². The maximum absolute atomic E-state index is 12.0. The van der Waals surface area contributed by atoms with E-state index in [4.69, 9.17) is 17.3 Å². The molecule has 0 atom stereocenters. The molecule has 0 aliphatic heterocycles. The van der Waals surface area contributed by atoms with Crippen LogP contribution in [0, 0.1) is 0 Å². The fraction of sp³-hybridized carbons (Fsp3) is 0.455. The molecule has 0 radical (unpaired) electrons. The first-order valence-corrected chi connectivity index (χ1v) is 9.45. The Kier molecular flexibility index (Phi) is 6.14. The molecule has 3 N–H and O–H groups in total. The first-order valence-electron chi connectivity index (χ1n) is 5.98. The Balaban J connectivity index is 2.81. The SMILES string of the molecule is CN(C)S(=O)(=O)CCNS(=O)(=O)c1ccc(CN)c(Cl)c1. The molecule has 120 valence electrons. The summed E-state index contributed by atoms with van der Waals surface area (Å²) in [5.74, 6) is -0.326. The summed E-state index contributed by atoms with van der Waals surface area (Å²) in [4.78, 5) is -0.0352. The van der Waals surface area contributed by atoms with Crippen LogP contribution in [0.5, 0.6) is 0 Å². The zero-order chi connectivity index (χ0) is 16.3. The summed E-state index contributed by atoms with van der Waals surface area (Å²) in [5, 5.41) is 0.251. The summed E-state index contributed by atoms with van der Waals surface area (Å²) in [6, 6.07) is 4.18. The van der Waals surface area contributed by atoms with Crippen molar-refractivity contribution in [3.8, 4) is 0 Å². The van der Waals surface area contributed by atoms with Crippen LogP contribution >= 0.6 is 11.6 Å². The van der Waals surface area contributed by atoms with E-state index in [1.165, 1.54) is 32.3 Å². The van der Waals surface area contributed by atoms with Gasteiger partial charge in [-0.05, 0) is 17.7 Å². The van der Waals surface area contributed by atoms with Crippen molar-refractivity contribution in [2.45, 2.75) is 11.4 Å². The molecule has 0 aliphatic rings. The summed E-state index contributed by atoms with van der Waals surface area (Å²) < 4.78 is 50.4. The Hall–Kier alpha value is -0.710. The van der Waals surface area contributed by atoms with Crippen LogP contribution in [-0.2, 0) is 26.6 Å². The normalized spacial score (nSPS) is 12.8. The molecule has 0 heterocycles. The first-order chi connectivity index (χ1) is 9.60. The molecule has 0 fully saturated rings. The van der Waals surface area contributed by atoms with E-state index in [1.807, 2.05) is 0 Å². The van der Waals surface area contributed by atoms with Gasteiger partial charge in [0.15, 0.2) is 0 Å². The Labute approximate surface area is 130 Å². The van der Waals surface area contributed by atoms with Crippen molar-refractivity contribution < 1.29 is 16.8 Å². The van der Waals surface area contributed by atoms with Crippen LogP contribution < -0.4 is 10.5 Å². The zero-order valence-corrected chi connectivity index (χ0v) is 14.1. The van der Waals surface area contributed by atoms with E-state index in [1.54, 1.807) is 0 Å². The van der Waals surface area contributed by atoms with Gasteiger partial charge >= 0.3 is 0 Å². The molecule has 1 aromatic carbocycles. The molecule has 0 bridgehead atoms. The predicted molar refractivity (Wildman–Crippen MR) is 82.0 cm³/mol. The maximum Gasteiger partial charge on any atom is 0.240 e. The van der Waals surface area contributed by atoms with Gasteiger partial charge < -0.3 is 5.73 Å². The van der Waals surface area contributed by atoms with Crippen molar-refractivity contribution >= 4 is 31.6 Å². The van der Waals surface area contributed by atoms with Crippen LogP contribution in [-0.4, -0.2) is 47.5 Å². The fourth-order valence-electron chi connectivity index (χ4n) is 1.43. The average molecular weight is 356 g/mol. The van der Waals surface area contributed by atoms with E-state index < -0.39 is 20.0 Å². The third kappa shape index (κ3) is 4.90. The Morgan fingerprint density at radius 2 is 1.86 bits per heavy atom. The van der Waals surface area contributed by atoms with Gasteiger partial charge in [-0.3, -0.25) is 0 Å². The van der Waals surface area contributed by atoms with Crippen LogP contribution in [0.2, 0.25) is 5.02 Å². The monoisotopic (exact) mass is 355 g/mol. The summed E-state index contributed by atoms with van der Waals surface area (Å²) in [6.45, 7) is -0.0211. The minimum atomic E-state index is -3.81. The number of rotatable bonds is 7. The van der Waals surface area contributed by atoms with E-state index >= 15 is 0 Å². The highest BCUT2D eigenvalue weighted by Crippen LogP contribution is 2.20. The summed E-state index contributed by atoms with van der Waals surface area (Å²) in [5.41, 5.74) is 6.08.